The second-order valence-corrected chi connectivity index (χ2v) is 18.1. The van der Waals surface area contributed by atoms with Crippen molar-refractivity contribution in [2.24, 2.45) is 29.6 Å². The van der Waals surface area contributed by atoms with E-state index in [0.29, 0.717) is 12.0 Å². The Balaban J connectivity index is 1.57. The van der Waals surface area contributed by atoms with Gasteiger partial charge in [-0.15, -0.1) is 0 Å². The Hall–Kier alpha value is -2.95. The first-order valence-electron chi connectivity index (χ1n) is 18.6. The number of benzene rings is 2. The summed E-state index contributed by atoms with van der Waals surface area (Å²) < 4.78 is 56.1. The van der Waals surface area contributed by atoms with Crippen LogP contribution in [0.4, 0.5) is 4.79 Å². The maximum atomic E-state index is 15.5. The van der Waals surface area contributed by atoms with Gasteiger partial charge in [0.05, 0.1) is 22.6 Å². The predicted octanol–water partition coefficient (Wildman–Crippen LogP) is 7.68. The van der Waals surface area contributed by atoms with Crippen molar-refractivity contribution in [3.63, 3.8) is 0 Å². The molecule has 0 N–H and O–H groups in total. The van der Waals surface area contributed by atoms with Crippen LogP contribution in [0, 0.1) is 29.6 Å². The number of carbonyl (C=O) groups excluding carboxylic acids is 2. The van der Waals surface area contributed by atoms with Gasteiger partial charge in [0.25, 0.3) is 0 Å². The van der Waals surface area contributed by atoms with Crippen LogP contribution in [0.25, 0.3) is 0 Å². The van der Waals surface area contributed by atoms with Gasteiger partial charge in [-0.2, -0.15) is 0 Å². The lowest BCUT2D eigenvalue weighted by atomic mass is 9.56. The van der Waals surface area contributed by atoms with Crippen LogP contribution in [0.3, 0.4) is 0 Å². The van der Waals surface area contributed by atoms with Gasteiger partial charge < -0.3 is 18.9 Å². The summed E-state index contributed by atoms with van der Waals surface area (Å²) in [5.74, 6) is -0.825. The number of esters is 1. The average Bonchev–Trinajstić information content (AvgIpc) is 3.41. The lowest BCUT2D eigenvalue weighted by molar-refractivity contribution is -0.132. The lowest BCUT2D eigenvalue weighted by Gasteiger charge is -2.53. The molecule has 2 saturated heterocycles. The molecule has 4 aliphatic rings. The summed E-state index contributed by atoms with van der Waals surface area (Å²) in [4.78, 5) is 30.2. The van der Waals surface area contributed by atoms with Crippen LogP contribution in [-0.2, 0) is 28.8 Å². The summed E-state index contributed by atoms with van der Waals surface area (Å²) in [6, 6.07) is 16.3. The number of likely N-dealkylation sites (tertiary alicyclic amines) is 1. The zero-order valence-corrected chi connectivity index (χ0v) is 31.2. The standard InChI is InChI=1S/C40H55NO8S/c1-25-16-15-23-32(41(25)39(43)49-40(3,4)5)35(48-37(42)27-17-9-7-10-18-27)36(50(44,45)29-20-11-8-12-21-29)34-30-22-14-13-19-28(30)24-31-33(34)26(2)47-38(31)46-6/h7-12,17-18,20-21,25-26,28,30-36,38H,13-16,19,22-24H2,1-6H3/t25-,26-,28+,30-,31-,32+,33+,34-,35?,36?,38-/m0/s1. The maximum absolute atomic E-state index is 15.5. The number of amides is 1. The highest BCUT2D eigenvalue weighted by atomic mass is 32.2. The number of ether oxygens (including phenoxy) is 4. The van der Waals surface area contributed by atoms with Crippen molar-refractivity contribution in [3.8, 4) is 0 Å². The third-order valence-electron chi connectivity index (χ3n) is 11.8. The molecule has 274 valence electrons. The Labute approximate surface area is 298 Å². The summed E-state index contributed by atoms with van der Waals surface area (Å²) in [5, 5.41) is -1.15. The van der Waals surface area contributed by atoms with Gasteiger partial charge >= 0.3 is 12.1 Å². The van der Waals surface area contributed by atoms with E-state index < -0.39 is 57.1 Å². The Morgan fingerprint density at radius 2 is 1.54 bits per heavy atom. The van der Waals surface area contributed by atoms with Crippen molar-refractivity contribution >= 4 is 21.9 Å². The number of hydrogen-bond acceptors (Lipinski definition) is 8. The molecule has 1 amide bonds. The number of rotatable bonds is 8. The van der Waals surface area contributed by atoms with Gasteiger partial charge in [0.15, 0.2) is 16.1 Å². The number of sulfone groups is 1. The minimum Gasteiger partial charge on any atom is -0.455 e. The van der Waals surface area contributed by atoms with E-state index in [-0.39, 0.29) is 40.7 Å². The Kier molecular flexibility index (Phi) is 11.0. The third kappa shape index (κ3) is 7.35. The minimum atomic E-state index is -4.17. The summed E-state index contributed by atoms with van der Waals surface area (Å²) in [6.07, 6.45) is 4.42. The number of methoxy groups -OCH3 is 1. The topological polar surface area (TPSA) is 108 Å². The zero-order chi connectivity index (χ0) is 35.8. The smallest absolute Gasteiger partial charge is 0.410 e. The molecular formula is C40H55NO8S. The molecule has 2 aromatic rings. The summed E-state index contributed by atoms with van der Waals surface area (Å²) in [5.41, 5.74) is -0.447. The van der Waals surface area contributed by atoms with Gasteiger partial charge in [-0.1, -0.05) is 55.7 Å². The number of carbonyl (C=O) groups is 2. The summed E-state index contributed by atoms with van der Waals surface area (Å²) in [6.45, 7) is 9.46. The molecule has 50 heavy (non-hydrogen) atoms. The molecule has 11 atom stereocenters. The average molecular weight is 710 g/mol. The van der Waals surface area contributed by atoms with Crippen LogP contribution < -0.4 is 0 Å². The monoisotopic (exact) mass is 709 g/mol. The van der Waals surface area contributed by atoms with Crippen molar-refractivity contribution in [1.82, 2.24) is 4.90 Å². The molecular weight excluding hydrogens is 655 g/mol. The van der Waals surface area contributed by atoms with Gasteiger partial charge in [-0.25, -0.2) is 18.0 Å². The van der Waals surface area contributed by atoms with E-state index in [9.17, 15) is 9.59 Å². The fourth-order valence-electron chi connectivity index (χ4n) is 9.84. The zero-order valence-electron chi connectivity index (χ0n) is 30.4. The summed E-state index contributed by atoms with van der Waals surface area (Å²) >= 11 is 0. The van der Waals surface area contributed by atoms with Gasteiger partial charge in [0.2, 0.25) is 0 Å². The maximum Gasteiger partial charge on any atom is 0.410 e. The molecule has 0 radical (unpaired) electrons. The molecule has 2 heterocycles. The normalized spacial score (nSPS) is 32.7. The van der Waals surface area contributed by atoms with Crippen molar-refractivity contribution < 1.29 is 37.0 Å². The fraction of sp³-hybridized carbons (Fsp3) is 0.650. The molecule has 0 bridgehead atoms. The molecule has 2 aliphatic carbocycles. The van der Waals surface area contributed by atoms with E-state index >= 15 is 8.42 Å². The molecule has 10 heteroatoms. The minimum absolute atomic E-state index is 0.00876. The molecule has 2 aromatic carbocycles. The Morgan fingerprint density at radius 1 is 0.880 bits per heavy atom. The number of hydrogen-bond donors (Lipinski definition) is 0. The number of piperidine rings is 1. The fourth-order valence-corrected chi connectivity index (χ4v) is 12.1. The second kappa shape index (κ2) is 15.0. The highest BCUT2D eigenvalue weighted by molar-refractivity contribution is 7.92. The SMILES string of the molecule is CO[C@H]1O[C@@H](C)[C@@H]2[C@@H]1C[C@H]1CCCC[C@@H]1[C@@H]2C(C(OC(=O)c1ccccc1)[C@H]1CCC[C@H](C)N1C(=O)OC(C)(C)C)S(=O)(=O)c1ccccc1. The van der Waals surface area contributed by atoms with Crippen molar-refractivity contribution in [2.45, 2.75) is 132 Å². The molecule has 6 rings (SSSR count). The second-order valence-electron chi connectivity index (χ2n) is 16.0. The highest BCUT2D eigenvalue weighted by Crippen LogP contribution is 2.58. The van der Waals surface area contributed by atoms with E-state index in [1.54, 1.807) is 66.6 Å². The molecule has 9 nitrogen and oxygen atoms in total. The van der Waals surface area contributed by atoms with Crippen LogP contribution in [0.5, 0.6) is 0 Å². The first-order valence-corrected chi connectivity index (χ1v) is 20.1. The molecule has 0 spiro atoms. The molecule has 2 unspecified atom stereocenters. The van der Waals surface area contributed by atoms with Crippen molar-refractivity contribution in [1.29, 1.82) is 0 Å². The molecule has 2 aliphatic heterocycles. The van der Waals surface area contributed by atoms with Crippen molar-refractivity contribution in [2.75, 3.05) is 7.11 Å². The van der Waals surface area contributed by atoms with Crippen molar-refractivity contribution in [3.05, 3.63) is 66.2 Å². The van der Waals surface area contributed by atoms with E-state index in [1.807, 2.05) is 40.7 Å². The largest absolute Gasteiger partial charge is 0.455 e. The van der Waals surface area contributed by atoms with Crippen LogP contribution in [0.1, 0.15) is 96.3 Å². The van der Waals surface area contributed by atoms with Gasteiger partial charge in [-0.3, -0.25) is 4.90 Å². The first-order chi connectivity index (χ1) is 23.8. The van der Waals surface area contributed by atoms with E-state index in [4.69, 9.17) is 18.9 Å². The van der Waals surface area contributed by atoms with E-state index in [0.717, 1.165) is 44.9 Å². The quantitative estimate of drug-likeness (QED) is 0.257. The third-order valence-corrected chi connectivity index (χ3v) is 14.0. The van der Waals surface area contributed by atoms with Crippen LogP contribution in [0.2, 0.25) is 0 Å². The van der Waals surface area contributed by atoms with E-state index in [2.05, 4.69) is 0 Å². The lowest BCUT2D eigenvalue weighted by Crippen LogP contribution is -2.63. The molecule has 4 fully saturated rings. The molecule has 2 saturated carbocycles. The van der Waals surface area contributed by atoms with Crippen LogP contribution in [-0.4, -0.2) is 73.9 Å². The Morgan fingerprint density at radius 3 is 2.20 bits per heavy atom. The predicted molar refractivity (Wildman–Crippen MR) is 190 cm³/mol. The summed E-state index contributed by atoms with van der Waals surface area (Å²) in [7, 11) is -2.51. The highest BCUT2D eigenvalue weighted by Gasteiger charge is 2.62. The van der Waals surface area contributed by atoms with Crippen LogP contribution in [0.15, 0.2) is 65.6 Å². The van der Waals surface area contributed by atoms with Gasteiger partial charge in [0, 0.05) is 19.1 Å². The first kappa shape index (κ1) is 36.8. The number of fused-ring (bicyclic) bond motifs is 2. The van der Waals surface area contributed by atoms with Gasteiger partial charge in [-0.05, 0) is 115 Å². The molecule has 0 aromatic heterocycles. The van der Waals surface area contributed by atoms with Gasteiger partial charge in [0.1, 0.15) is 17.0 Å². The van der Waals surface area contributed by atoms with E-state index in [1.165, 1.54) is 0 Å². The number of nitrogens with zero attached hydrogens (tertiary/aromatic N) is 1. The van der Waals surface area contributed by atoms with Crippen LogP contribution >= 0.6 is 0 Å². The Bertz CT molecular complexity index is 1580.